The predicted molar refractivity (Wildman–Crippen MR) is 145 cm³/mol. The minimum absolute atomic E-state index is 0.0456. The van der Waals surface area contributed by atoms with Crippen LogP contribution in [0.25, 0.3) is 0 Å². The predicted octanol–water partition coefficient (Wildman–Crippen LogP) is 3.82. The first-order valence-electron chi connectivity index (χ1n) is 13.6. The van der Waals surface area contributed by atoms with Crippen LogP contribution in [0.5, 0.6) is 5.75 Å². The number of benzene rings is 1. The van der Waals surface area contributed by atoms with Gasteiger partial charge >= 0.3 is 6.09 Å². The monoisotopic (exact) mass is 513 g/mol. The van der Waals surface area contributed by atoms with Crippen LogP contribution in [-0.4, -0.2) is 89.6 Å². The molecule has 0 atom stereocenters. The molecule has 0 unspecified atom stereocenters. The van der Waals surface area contributed by atoms with Crippen LogP contribution < -0.4 is 9.64 Å². The third kappa shape index (κ3) is 7.55. The van der Waals surface area contributed by atoms with E-state index in [1.807, 2.05) is 38.7 Å². The molecule has 1 aromatic carbocycles. The molecular weight excluding hydrogens is 470 g/mol. The van der Waals surface area contributed by atoms with E-state index in [1.165, 1.54) is 5.56 Å². The number of carbonyl (C=O) groups excluding carboxylic acids is 1. The van der Waals surface area contributed by atoms with Gasteiger partial charge in [-0.2, -0.15) is 0 Å². The van der Waals surface area contributed by atoms with Crippen LogP contribution in [0.15, 0.2) is 42.7 Å². The fourth-order valence-corrected chi connectivity index (χ4v) is 5.12. The van der Waals surface area contributed by atoms with E-state index in [9.17, 15) is 4.79 Å². The van der Waals surface area contributed by atoms with Gasteiger partial charge in [0.1, 0.15) is 12.7 Å². The first-order chi connectivity index (χ1) is 18.1. The molecule has 37 heavy (non-hydrogen) atoms. The van der Waals surface area contributed by atoms with Crippen molar-refractivity contribution in [3.8, 4) is 5.75 Å². The van der Waals surface area contributed by atoms with Gasteiger partial charge in [-0.15, -0.1) is 0 Å². The van der Waals surface area contributed by atoms with Gasteiger partial charge in [-0.25, -0.2) is 14.8 Å². The number of hydrogen-bond acceptors (Lipinski definition) is 8. The zero-order chi connectivity index (χ0) is 26.7. The van der Waals surface area contributed by atoms with Crippen molar-refractivity contribution in [3.63, 3.8) is 0 Å². The van der Waals surface area contributed by atoms with E-state index < -0.39 is 0 Å². The summed E-state index contributed by atoms with van der Waals surface area (Å²) in [5.74, 6) is 1.15. The van der Waals surface area contributed by atoms with Gasteiger partial charge < -0.3 is 24.4 Å². The number of amides is 1. The molecule has 9 heteroatoms. The van der Waals surface area contributed by atoms with Gasteiger partial charge in [-0.1, -0.05) is 58.0 Å². The topological polar surface area (TPSA) is 91.3 Å². The molecule has 1 amide bonds. The lowest BCUT2D eigenvalue weighted by Gasteiger charge is -2.58. The van der Waals surface area contributed by atoms with Crippen LogP contribution in [0.4, 0.5) is 10.7 Å². The molecule has 2 aliphatic heterocycles. The third-order valence-electron chi connectivity index (χ3n) is 6.75. The molecule has 204 valence electrons. The molecule has 1 saturated carbocycles. The Morgan fingerprint density at radius 1 is 1.00 bits per heavy atom. The van der Waals surface area contributed by atoms with Gasteiger partial charge in [0.15, 0.2) is 5.75 Å². The lowest BCUT2D eigenvalue weighted by molar-refractivity contribution is -0.136. The van der Waals surface area contributed by atoms with Gasteiger partial charge in [0, 0.05) is 51.2 Å². The maximum atomic E-state index is 12.6. The Morgan fingerprint density at radius 3 is 2.22 bits per heavy atom. The molecule has 2 aromatic rings. The Bertz CT molecular complexity index is 921. The van der Waals surface area contributed by atoms with E-state index in [4.69, 9.17) is 14.6 Å². The number of aliphatic hydroxyl groups excluding tert-OH is 1. The summed E-state index contributed by atoms with van der Waals surface area (Å²) in [6, 6.07) is 10.6. The van der Waals surface area contributed by atoms with Crippen molar-refractivity contribution >= 4 is 12.0 Å². The average Bonchev–Trinajstić information content (AvgIpc) is 2.92. The lowest BCUT2D eigenvalue weighted by atomic mass is 9.61. The first-order valence-corrected chi connectivity index (χ1v) is 13.6. The number of hydrogen-bond donors (Lipinski definition) is 1. The Morgan fingerprint density at radius 2 is 1.62 bits per heavy atom. The molecule has 3 aliphatic rings. The molecule has 5 rings (SSSR count). The van der Waals surface area contributed by atoms with Crippen molar-refractivity contribution in [1.82, 2.24) is 19.8 Å². The highest BCUT2D eigenvalue weighted by molar-refractivity contribution is 5.68. The second kappa shape index (κ2) is 14.1. The molecule has 1 aromatic heterocycles. The molecular formula is C28H43N5O4. The zero-order valence-corrected chi connectivity index (χ0v) is 22.8. The van der Waals surface area contributed by atoms with Gasteiger partial charge in [-0.3, -0.25) is 4.90 Å². The quantitative estimate of drug-likeness (QED) is 0.598. The fourth-order valence-electron chi connectivity index (χ4n) is 5.12. The van der Waals surface area contributed by atoms with E-state index in [0.29, 0.717) is 43.3 Å². The molecule has 0 bridgehead atoms. The van der Waals surface area contributed by atoms with E-state index in [-0.39, 0.29) is 25.4 Å². The molecule has 2 saturated heterocycles. The standard InChI is InChI=1S/C24H31N5O4.2C2H6/c30-10-11-32-21-14-25-22(26-15-21)28-6-8-29(9-7-28)23(31)33-20-12-24(13-20)17-27(18-24)16-19-4-2-1-3-5-19;2*1-2/h1-5,14-15,20,30H,6-13,16-18H2;2*1-2H3. The SMILES string of the molecule is CC.CC.O=C(OC1CC2(C1)CN(Cc1ccccc1)C2)N1CCN(c2ncc(OCCO)cn2)CC1. The van der Waals surface area contributed by atoms with Crippen LogP contribution in [-0.2, 0) is 11.3 Å². The molecule has 3 fully saturated rings. The summed E-state index contributed by atoms with van der Waals surface area (Å²) in [5.41, 5.74) is 1.70. The highest BCUT2D eigenvalue weighted by atomic mass is 16.6. The van der Waals surface area contributed by atoms with Crippen molar-refractivity contribution in [3.05, 3.63) is 48.3 Å². The van der Waals surface area contributed by atoms with E-state index in [0.717, 1.165) is 32.5 Å². The Kier molecular flexibility index (Phi) is 11.0. The second-order valence-electron chi connectivity index (χ2n) is 9.31. The molecule has 9 nitrogen and oxygen atoms in total. The summed E-state index contributed by atoms with van der Waals surface area (Å²) in [6.07, 6.45) is 5.00. The maximum absolute atomic E-state index is 12.6. The Hall–Kier alpha value is -2.91. The summed E-state index contributed by atoms with van der Waals surface area (Å²) in [7, 11) is 0. The van der Waals surface area contributed by atoms with Crippen LogP contribution in [0.3, 0.4) is 0 Å². The van der Waals surface area contributed by atoms with Crippen LogP contribution in [0.2, 0.25) is 0 Å². The Balaban J connectivity index is 0.000000907. The first kappa shape index (κ1) is 28.7. The summed E-state index contributed by atoms with van der Waals surface area (Å²) < 4.78 is 11.1. The number of aromatic nitrogens is 2. The largest absolute Gasteiger partial charge is 0.488 e. The third-order valence-corrected chi connectivity index (χ3v) is 6.75. The van der Waals surface area contributed by atoms with Crippen molar-refractivity contribution in [1.29, 1.82) is 0 Å². The van der Waals surface area contributed by atoms with Crippen molar-refractivity contribution in [2.75, 3.05) is 57.4 Å². The highest BCUT2D eigenvalue weighted by Gasteiger charge is 2.53. The van der Waals surface area contributed by atoms with Gasteiger partial charge in [-0.05, 0) is 18.4 Å². The van der Waals surface area contributed by atoms with Crippen LogP contribution >= 0.6 is 0 Å². The zero-order valence-electron chi connectivity index (χ0n) is 22.8. The fraction of sp³-hybridized carbons (Fsp3) is 0.607. The number of rotatable bonds is 7. The molecule has 1 aliphatic carbocycles. The van der Waals surface area contributed by atoms with E-state index >= 15 is 0 Å². The summed E-state index contributed by atoms with van der Waals surface area (Å²) in [5, 5.41) is 8.81. The second-order valence-corrected chi connectivity index (χ2v) is 9.31. The van der Waals surface area contributed by atoms with Crippen molar-refractivity contribution < 1.29 is 19.4 Å². The van der Waals surface area contributed by atoms with E-state index in [1.54, 1.807) is 17.3 Å². The maximum Gasteiger partial charge on any atom is 0.410 e. The van der Waals surface area contributed by atoms with Crippen LogP contribution in [0.1, 0.15) is 46.1 Å². The molecule has 1 spiro atoms. The minimum Gasteiger partial charge on any atom is -0.488 e. The number of aliphatic hydroxyl groups is 1. The van der Waals surface area contributed by atoms with Gasteiger partial charge in [0.2, 0.25) is 5.95 Å². The van der Waals surface area contributed by atoms with Crippen molar-refractivity contribution in [2.45, 2.75) is 53.2 Å². The van der Waals surface area contributed by atoms with Crippen LogP contribution in [0, 0.1) is 5.41 Å². The number of nitrogens with zero attached hydrogens (tertiary/aromatic N) is 5. The van der Waals surface area contributed by atoms with Gasteiger partial charge in [0.25, 0.3) is 0 Å². The smallest absolute Gasteiger partial charge is 0.410 e. The number of ether oxygens (including phenoxy) is 2. The highest BCUT2D eigenvalue weighted by Crippen LogP contribution is 2.50. The molecule has 0 radical (unpaired) electrons. The van der Waals surface area contributed by atoms with Gasteiger partial charge in [0.05, 0.1) is 19.0 Å². The Labute approximate surface area is 221 Å². The number of anilines is 1. The number of carbonyl (C=O) groups is 1. The number of piperazine rings is 1. The normalized spacial score (nSPS) is 18.4. The summed E-state index contributed by atoms with van der Waals surface area (Å²) >= 11 is 0. The summed E-state index contributed by atoms with van der Waals surface area (Å²) in [6.45, 7) is 13.9. The van der Waals surface area contributed by atoms with E-state index in [2.05, 4.69) is 39.1 Å². The average molecular weight is 514 g/mol. The molecule has 1 N–H and O–H groups in total. The number of likely N-dealkylation sites (tertiary alicyclic amines) is 1. The lowest BCUT2D eigenvalue weighted by Crippen LogP contribution is -2.64. The molecule has 3 heterocycles. The van der Waals surface area contributed by atoms with Crippen molar-refractivity contribution in [2.24, 2.45) is 5.41 Å². The summed E-state index contributed by atoms with van der Waals surface area (Å²) in [4.78, 5) is 27.6. The minimum atomic E-state index is -0.205.